The van der Waals surface area contributed by atoms with Gasteiger partial charge in [0, 0.05) is 38.5 Å². The van der Waals surface area contributed by atoms with Crippen LogP contribution in [0.15, 0.2) is 59.6 Å². The maximum Gasteiger partial charge on any atom is 0.251 e. The van der Waals surface area contributed by atoms with E-state index in [4.69, 9.17) is 4.74 Å². The minimum atomic E-state index is -3.69. The number of aromatic nitrogens is 1. The van der Waals surface area contributed by atoms with Crippen molar-refractivity contribution in [3.63, 3.8) is 0 Å². The summed E-state index contributed by atoms with van der Waals surface area (Å²) >= 11 is 0. The molecule has 0 aliphatic heterocycles. The third-order valence-corrected chi connectivity index (χ3v) is 6.87. The van der Waals surface area contributed by atoms with Crippen molar-refractivity contribution in [1.82, 2.24) is 14.6 Å². The lowest BCUT2D eigenvalue weighted by Gasteiger charge is -2.16. The number of hydrogen-bond donors (Lipinski definition) is 1. The zero-order valence-electron chi connectivity index (χ0n) is 18.2. The van der Waals surface area contributed by atoms with Crippen LogP contribution in [0.2, 0.25) is 0 Å². The molecule has 0 aliphatic rings. The third kappa shape index (κ3) is 5.30. The highest BCUT2D eigenvalue weighted by Gasteiger charge is 2.23. The average Bonchev–Trinajstić information content (AvgIpc) is 2.75. The van der Waals surface area contributed by atoms with Crippen molar-refractivity contribution in [2.45, 2.75) is 25.3 Å². The van der Waals surface area contributed by atoms with E-state index in [1.165, 1.54) is 50.6 Å². The van der Waals surface area contributed by atoms with E-state index in [0.29, 0.717) is 22.8 Å². The summed E-state index contributed by atoms with van der Waals surface area (Å²) in [7, 11) is -0.786. The molecule has 0 saturated heterocycles. The Morgan fingerprint density at radius 3 is 2.44 bits per heavy atom. The molecule has 3 aromatic rings. The highest BCUT2D eigenvalue weighted by Crippen LogP contribution is 2.24. The van der Waals surface area contributed by atoms with Crippen LogP contribution in [0.4, 0.5) is 4.39 Å². The van der Waals surface area contributed by atoms with Gasteiger partial charge in [-0.2, -0.15) is 0 Å². The molecule has 168 valence electrons. The third-order valence-electron chi connectivity index (χ3n) is 4.93. The first-order valence-electron chi connectivity index (χ1n) is 9.78. The number of halogens is 1. The number of sulfonamides is 1. The number of nitrogens with one attached hydrogen (secondary N) is 1. The second-order valence-corrected chi connectivity index (χ2v) is 9.56. The number of carbonyl (C=O) groups excluding carboxylic acids is 1. The first-order valence-corrected chi connectivity index (χ1v) is 11.2. The molecule has 0 spiro atoms. The highest BCUT2D eigenvalue weighted by molar-refractivity contribution is 7.89. The summed E-state index contributed by atoms with van der Waals surface area (Å²) in [5.41, 5.74) is 2.30. The molecule has 3 rings (SSSR count). The molecule has 1 heterocycles. The highest BCUT2D eigenvalue weighted by atomic mass is 32.2. The molecule has 9 heteroatoms. The van der Waals surface area contributed by atoms with Gasteiger partial charge >= 0.3 is 0 Å². The SMILES string of the molecule is Cc1cc(C(=O)NCc2ccnc(Oc3ccc(F)cc3)c2)cc(S(=O)(=O)N(C)C)c1C. The van der Waals surface area contributed by atoms with Gasteiger partial charge in [-0.3, -0.25) is 4.79 Å². The second-order valence-electron chi connectivity index (χ2n) is 7.44. The minimum Gasteiger partial charge on any atom is -0.439 e. The lowest BCUT2D eigenvalue weighted by atomic mass is 10.1. The van der Waals surface area contributed by atoms with E-state index in [-0.39, 0.29) is 22.8 Å². The topological polar surface area (TPSA) is 88.6 Å². The van der Waals surface area contributed by atoms with Crippen LogP contribution in [0.3, 0.4) is 0 Å². The lowest BCUT2D eigenvalue weighted by Crippen LogP contribution is -2.26. The first kappa shape index (κ1) is 23.4. The molecular formula is C23H24FN3O4S. The van der Waals surface area contributed by atoms with Crippen LogP contribution in [-0.2, 0) is 16.6 Å². The fourth-order valence-corrected chi connectivity index (χ4v) is 4.16. The minimum absolute atomic E-state index is 0.103. The van der Waals surface area contributed by atoms with E-state index in [2.05, 4.69) is 10.3 Å². The summed E-state index contributed by atoms with van der Waals surface area (Å²) in [5.74, 6) is -0.0328. The largest absolute Gasteiger partial charge is 0.439 e. The zero-order chi connectivity index (χ0) is 23.5. The predicted octanol–water partition coefficient (Wildman–Crippen LogP) is 3.81. The van der Waals surface area contributed by atoms with Gasteiger partial charge in [-0.25, -0.2) is 22.1 Å². The number of aryl methyl sites for hydroxylation is 1. The normalized spacial score (nSPS) is 11.4. The van der Waals surface area contributed by atoms with Gasteiger partial charge in [-0.15, -0.1) is 0 Å². The average molecular weight is 458 g/mol. The van der Waals surface area contributed by atoms with Crippen LogP contribution in [0, 0.1) is 19.7 Å². The fraction of sp³-hybridized carbons (Fsp3) is 0.217. The van der Waals surface area contributed by atoms with Crippen molar-refractivity contribution in [2.75, 3.05) is 14.1 Å². The van der Waals surface area contributed by atoms with Crippen molar-refractivity contribution in [1.29, 1.82) is 0 Å². The van der Waals surface area contributed by atoms with Crippen LogP contribution in [0.5, 0.6) is 11.6 Å². The predicted molar refractivity (Wildman–Crippen MR) is 119 cm³/mol. The lowest BCUT2D eigenvalue weighted by molar-refractivity contribution is 0.0950. The number of ether oxygens (including phenoxy) is 1. The summed E-state index contributed by atoms with van der Waals surface area (Å²) < 4.78 is 45.0. The Morgan fingerprint density at radius 1 is 1.09 bits per heavy atom. The van der Waals surface area contributed by atoms with E-state index >= 15 is 0 Å². The van der Waals surface area contributed by atoms with Gasteiger partial charge in [0.2, 0.25) is 15.9 Å². The molecule has 0 saturated carbocycles. The molecular weight excluding hydrogens is 433 g/mol. The van der Waals surface area contributed by atoms with Gasteiger partial charge in [-0.1, -0.05) is 0 Å². The fourth-order valence-electron chi connectivity index (χ4n) is 2.95. The Labute approximate surface area is 186 Å². The zero-order valence-corrected chi connectivity index (χ0v) is 19.0. The summed E-state index contributed by atoms with van der Waals surface area (Å²) in [6, 6.07) is 12.0. The molecule has 32 heavy (non-hydrogen) atoms. The number of rotatable bonds is 7. The van der Waals surface area contributed by atoms with Crippen LogP contribution in [0.1, 0.15) is 27.0 Å². The molecule has 0 radical (unpaired) electrons. The van der Waals surface area contributed by atoms with Crippen molar-refractivity contribution in [2.24, 2.45) is 0 Å². The summed E-state index contributed by atoms with van der Waals surface area (Å²) in [5, 5.41) is 2.79. The van der Waals surface area contributed by atoms with Crippen LogP contribution < -0.4 is 10.1 Å². The van der Waals surface area contributed by atoms with E-state index < -0.39 is 15.9 Å². The van der Waals surface area contributed by atoms with Gasteiger partial charge in [-0.05, 0) is 73.0 Å². The molecule has 1 amide bonds. The van der Waals surface area contributed by atoms with Crippen LogP contribution in [-0.4, -0.2) is 37.7 Å². The first-order chi connectivity index (χ1) is 15.1. The van der Waals surface area contributed by atoms with Gasteiger partial charge in [0.25, 0.3) is 5.91 Å². The maximum absolute atomic E-state index is 13.0. The van der Waals surface area contributed by atoms with E-state index in [1.54, 1.807) is 32.0 Å². The number of pyridine rings is 1. The Morgan fingerprint density at radius 2 is 1.78 bits per heavy atom. The summed E-state index contributed by atoms with van der Waals surface area (Å²) in [6.45, 7) is 3.67. The van der Waals surface area contributed by atoms with Crippen LogP contribution in [0.25, 0.3) is 0 Å². The summed E-state index contributed by atoms with van der Waals surface area (Å²) in [4.78, 5) is 17.0. The summed E-state index contributed by atoms with van der Waals surface area (Å²) in [6.07, 6.45) is 1.54. The molecule has 0 aliphatic carbocycles. The Balaban J connectivity index is 1.75. The van der Waals surface area contributed by atoms with Gasteiger partial charge in [0.1, 0.15) is 11.6 Å². The quantitative estimate of drug-likeness (QED) is 0.583. The molecule has 1 aromatic heterocycles. The number of amides is 1. The van der Waals surface area contributed by atoms with E-state index in [1.807, 2.05) is 0 Å². The molecule has 0 bridgehead atoms. The Hall–Kier alpha value is -3.30. The number of benzene rings is 2. The van der Waals surface area contributed by atoms with E-state index in [9.17, 15) is 17.6 Å². The van der Waals surface area contributed by atoms with Crippen molar-refractivity contribution >= 4 is 15.9 Å². The van der Waals surface area contributed by atoms with Crippen molar-refractivity contribution in [3.8, 4) is 11.6 Å². The second kappa shape index (κ2) is 9.46. The number of hydrogen-bond acceptors (Lipinski definition) is 5. The molecule has 1 N–H and O–H groups in total. The van der Waals surface area contributed by atoms with Gasteiger partial charge in [0.15, 0.2) is 0 Å². The van der Waals surface area contributed by atoms with Gasteiger partial charge in [0.05, 0.1) is 4.90 Å². The molecule has 0 unspecified atom stereocenters. The molecule has 2 aromatic carbocycles. The van der Waals surface area contributed by atoms with Crippen LogP contribution >= 0.6 is 0 Å². The Bertz CT molecular complexity index is 1240. The van der Waals surface area contributed by atoms with Crippen molar-refractivity contribution < 1.29 is 22.3 Å². The molecule has 7 nitrogen and oxygen atoms in total. The number of nitrogens with zero attached hydrogens (tertiary/aromatic N) is 2. The maximum atomic E-state index is 13.0. The standard InChI is InChI=1S/C23H24FN3O4S/c1-15-11-18(13-21(16(15)2)32(29,30)27(3)4)23(28)26-14-17-9-10-25-22(12-17)31-20-7-5-19(24)6-8-20/h5-13H,14H2,1-4H3,(H,26,28). The molecule has 0 atom stereocenters. The Kier molecular flexibility index (Phi) is 6.90. The number of carbonyl (C=O) groups is 1. The van der Waals surface area contributed by atoms with Crippen molar-refractivity contribution in [3.05, 3.63) is 82.8 Å². The van der Waals surface area contributed by atoms with E-state index in [0.717, 1.165) is 9.87 Å². The monoisotopic (exact) mass is 457 g/mol. The van der Waals surface area contributed by atoms with Gasteiger partial charge < -0.3 is 10.1 Å². The smallest absolute Gasteiger partial charge is 0.251 e. The molecule has 0 fully saturated rings.